The Kier molecular flexibility index (Phi) is 2.99. The van der Waals surface area contributed by atoms with Crippen LogP contribution in [-0.4, -0.2) is 16.7 Å². The highest BCUT2D eigenvalue weighted by molar-refractivity contribution is 9.10. The molecule has 1 aromatic heterocycles. The van der Waals surface area contributed by atoms with E-state index in [0.717, 1.165) is 4.47 Å². The van der Waals surface area contributed by atoms with Gasteiger partial charge in [0, 0.05) is 10.7 Å². The van der Waals surface area contributed by atoms with Crippen LogP contribution in [0.1, 0.15) is 11.7 Å². The molecule has 0 bridgehead atoms. The highest BCUT2D eigenvalue weighted by Gasteiger charge is 2.04. The predicted octanol–water partition coefficient (Wildman–Crippen LogP) is 0.836. The second kappa shape index (κ2) is 3.80. The van der Waals surface area contributed by atoms with Gasteiger partial charge in [-0.15, -0.1) is 0 Å². The molecule has 0 aliphatic rings. The molecule has 0 aliphatic heterocycles. The Morgan fingerprint density at radius 1 is 1.73 bits per heavy atom. The minimum atomic E-state index is -0.382. The summed E-state index contributed by atoms with van der Waals surface area (Å²) in [5.41, 5.74) is 6.23. The van der Waals surface area contributed by atoms with E-state index in [4.69, 9.17) is 10.8 Å². The number of rotatable bonds is 2. The van der Waals surface area contributed by atoms with Gasteiger partial charge in [0.1, 0.15) is 0 Å². The molecule has 3 nitrogen and oxygen atoms in total. The summed E-state index contributed by atoms with van der Waals surface area (Å²) in [6, 6.07) is 3.22. The Bertz CT molecular complexity index is 242. The Balaban J connectivity index is 2.86. The van der Waals surface area contributed by atoms with Crippen molar-refractivity contribution in [1.82, 2.24) is 4.98 Å². The summed E-state index contributed by atoms with van der Waals surface area (Å²) in [6.45, 7) is -0.0799. The number of nitrogens with two attached hydrogens (primary N) is 1. The smallest absolute Gasteiger partial charge is 0.0705 e. The van der Waals surface area contributed by atoms with E-state index in [9.17, 15) is 0 Å². The lowest BCUT2D eigenvalue weighted by Gasteiger charge is -2.06. The summed E-state index contributed by atoms with van der Waals surface area (Å²) in [6.07, 6.45) is 1.65. The van der Waals surface area contributed by atoms with Gasteiger partial charge in [0.15, 0.2) is 0 Å². The van der Waals surface area contributed by atoms with Crippen LogP contribution in [0.4, 0.5) is 0 Å². The van der Waals surface area contributed by atoms with Crippen molar-refractivity contribution in [2.75, 3.05) is 6.61 Å². The number of nitrogens with zero attached hydrogens (tertiary/aromatic N) is 1. The third-order valence-corrected chi connectivity index (χ3v) is 1.81. The largest absolute Gasteiger partial charge is 0.394 e. The number of aliphatic hydroxyl groups is 1. The lowest BCUT2D eigenvalue weighted by atomic mass is 10.2. The van der Waals surface area contributed by atoms with Crippen LogP contribution in [0, 0.1) is 0 Å². The van der Waals surface area contributed by atoms with E-state index in [2.05, 4.69) is 20.9 Å². The molecule has 1 unspecified atom stereocenters. The maximum atomic E-state index is 8.70. The molecule has 0 aromatic carbocycles. The van der Waals surface area contributed by atoms with Crippen molar-refractivity contribution in [2.45, 2.75) is 6.04 Å². The van der Waals surface area contributed by atoms with E-state index in [-0.39, 0.29) is 12.6 Å². The van der Waals surface area contributed by atoms with E-state index in [1.807, 2.05) is 6.07 Å². The lowest BCUT2D eigenvalue weighted by molar-refractivity contribution is 0.266. The molecule has 0 aliphatic carbocycles. The fourth-order valence-electron chi connectivity index (χ4n) is 0.717. The van der Waals surface area contributed by atoms with Crippen LogP contribution in [0.3, 0.4) is 0 Å². The van der Waals surface area contributed by atoms with Gasteiger partial charge in [0.05, 0.1) is 18.3 Å². The first-order valence-electron chi connectivity index (χ1n) is 3.22. The molecular weight excluding hydrogens is 208 g/mol. The van der Waals surface area contributed by atoms with Crippen molar-refractivity contribution in [1.29, 1.82) is 0 Å². The van der Waals surface area contributed by atoms with Gasteiger partial charge < -0.3 is 10.8 Å². The summed E-state index contributed by atoms with van der Waals surface area (Å²) in [5, 5.41) is 8.70. The normalized spacial score (nSPS) is 13.0. The molecule has 0 saturated carbocycles. The fourth-order valence-corrected chi connectivity index (χ4v) is 1.07. The molecule has 1 rings (SSSR count). The summed E-state index contributed by atoms with van der Waals surface area (Å²) in [4.78, 5) is 4.00. The van der Waals surface area contributed by atoms with Gasteiger partial charge in [-0.3, -0.25) is 4.98 Å². The van der Waals surface area contributed by atoms with Gasteiger partial charge in [0.2, 0.25) is 0 Å². The number of halogens is 1. The third-order valence-electron chi connectivity index (χ3n) is 1.32. The van der Waals surface area contributed by atoms with E-state index in [1.54, 1.807) is 12.3 Å². The zero-order valence-electron chi connectivity index (χ0n) is 5.87. The summed E-state index contributed by atoms with van der Waals surface area (Å²) >= 11 is 3.28. The number of hydrogen-bond donors (Lipinski definition) is 2. The molecule has 60 valence electrons. The minimum absolute atomic E-state index is 0.0799. The Hall–Kier alpha value is -0.450. The number of aliphatic hydroxyl groups excluding tert-OH is 1. The molecule has 0 fully saturated rings. The first kappa shape index (κ1) is 8.64. The molecule has 0 radical (unpaired) electrons. The van der Waals surface area contributed by atoms with Crippen LogP contribution in [0.25, 0.3) is 0 Å². The van der Waals surface area contributed by atoms with E-state index in [0.29, 0.717) is 5.69 Å². The minimum Gasteiger partial charge on any atom is -0.394 e. The highest BCUT2D eigenvalue weighted by Crippen LogP contribution is 2.13. The van der Waals surface area contributed by atoms with Crippen molar-refractivity contribution in [2.24, 2.45) is 5.73 Å². The monoisotopic (exact) mass is 216 g/mol. The predicted molar refractivity (Wildman–Crippen MR) is 46.0 cm³/mol. The molecule has 0 spiro atoms. The van der Waals surface area contributed by atoms with Crippen LogP contribution in [0.15, 0.2) is 22.8 Å². The zero-order valence-corrected chi connectivity index (χ0v) is 7.45. The number of pyridine rings is 1. The molecule has 11 heavy (non-hydrogen) atoms. The van der Waals surface area contributed by atoms with Gasteiger partial charge in [-0.2, -0.15) is 0 Å². The van der Waals surface area contributed by atoms with Gasteiger partial charge >= 0.3 is 0 Å². The van der Waals surface area contributed by atoms with Gasteiger partial charge in [-0.25, -0.2) is 0 Å². The van der Waals surface area contributed by atoms with Crippen molar-refractivity contribution < 1.29 is 5.11 Å². The fraction of sp³-hybridized carbons (Fsp3) is 0.286. The number of hydrogen-bond acceptors (Lipinski definition) is 3. The zero-order chi connectivity index (χ0) is 8.27. The summed E-state index contributed by atoms with van der Waals surface area (Å²) in [7, 11) is 0. The third kappa shape index (κ3) is 2.25. The molecule has 1 atom stereocenters. The molecule has 0 saturated heterocycles. The second-order valence-corrected chi connectivity index (χ2v) is 3.10. The van der Waals surface area contributed by atoms with Crippen LogP contribution in [-0.2, 0) is 0 Å². The molecule has 0 amide bonds. The SMILES string of the molecule is NC(CO)c1cc(Br)ccn1. The molecule has 3 N–H and O–H groups in total. The standard InChI is InChI=1S/C7H9BrN2O/c8-5-1-2-10-7(3-5)6(9)4-11/h1-3,6,11H,4,9H2. The number of aromatic nitrogens is 1. The van der Waals surface area contributed by atoms with Gasteiger partial charge in [-0.05, 0) is 12.1 Å². The van der Waals surface area contributed by atoms with Crippen molar-refractivity contribution in [3.05, 3.63) is 28.5 Å². The highest BCUT2D eigenvalue weighted by atomic mass is 79.9. The van der Waals surface area contributed by atoms with Crippen molar-refractivity contribution >= 4 is 15.9 Å². The first-order valence-corrected chi connectivity index (χ1v) is 4.01. The second-order valence-electron chi connectivity index (χ2n) is 2.19. The van der Waals surface area contributed by atoms with Crippen LogP contribution < -0.4 is 5.73 Å². The molecule has 1 aromatic rings. The Morgan fingerprint density at radius 2 is 2.45 bits per heavy atom. The summed E-state index contributed by atoms with van der Waals surface area (Å²) in [5.74, 6) is 0. The van der Waals surface area contributed by atoms with Gasteiger partial charge in [0.25, 0.3) is 0 Å². The first-order chi connectivity index (χ1) is 5.24. The Morgan fingerprint density at radius 3 is 3.00 bits per heavy atom. The molecule has 1 heterocycles. The van der Waals surface area contributed by atoms with Crippen molar-refractivity contribution in [3.8, 4) is 0 Å². The average molecular weight is 217 g/mol. The van der Waals surface area contributed by atoms with Gasteiger partial charge in [-0.1, -0.05) is 15.9 Å². The topological polar surface area (TPSA) is 59.1 Å². The maximum absolute atomic E-state index is 8.70. The summed E-state index contributed by atoms with van der Waals surface area (Å²) < 4.78 is 0.923. The van der Waals surface area contributed by atoms with Crippen LogP contribution in [0.5, 0.6) is 0 Å². The molecule has 4 heteroatoms. The average Bonchev–Trinajstić information content (AvgIpc) is 2.03. The maximum Gasteiger partial charge on any atom is 0.0705 e. The van der Waals surface area contributed by atoms with Crippen molar-refractivity contribution in [3.63, 3.8) is 0 Å². The quantitative estimate of drug-likeness (QED) is 0.771. The van der Waals surface area contributed by atoms with Crippen LogP contribution >= 0.6 is 15.9 Å². The Labute approximate surface area is 73.4 Å². The molecular formula is C7H9BrN2O. The van der Waals surface area contributed by atoms with Crippen LogP contribution in [0.2, 0.25) is 0 Å². The lowest BCUT2D eigenvalue weighted by Crippen LogP contribution is -2.15. The van der Waals surface area contributed by atoms with E-state index < -0.39 is 0 Å². The van der Waals surface area contributed by atoms with E-state index in [1.165, 1.54) is 0 Å². The van der Waals surface area contributed by atoms with E-state index >= 15 is 0 Å².